The van der Waals surface area contributed by atoms with Crippen molar-refractivity contribution in [2.24, 2.45) is 0 Å². The highest BCUT2D eigenvalue weighted by Gasteiger charge is 2.24. The fourth-order valence-electron chi connectivity index (χ4n) is 5.46. The number of hydrogen-bond donors (Lipinski definition) is 2. The number of benzene rings is 1. The number of halogens is 2. The van der Waals surface area contributed by atoms with Gasteiger partial charge in [0.25, 0.3) is 5.56 Å². The van der Waals surface area contributed by atoms with E-state index in [4.69, 9.17) is 4.98 Å². The van der Waals surface area contributed by atoms with Gasteiger partial charge in [0.15, 0.2) is 11.6 Å². The van der Waals surface area contributed by atoms with E-state index < -0.39 is 38.8 Å². The van der Waals surface area contributed by atoms with Gasteiger partial charge in [-0.1, -0.05) is 18.2 Å². The first-order valence-electron chi connectivity index (χ1n) is 14.2. The number of sulfonamides is 1. The van der Waals surface area contributed by atoms with Crippen molar-refractivity contribution in [2.45, 2.75) is 63.4 Å². The van der Waals surface area contributed by atoms with Crippen LogP contribution < -0.4 is 15.6 Å². The number of fused-ring (bicyclic) bond motifs is 1. The molecule has 3 heterocycles. The van der Waals surface area contributed by atoms with Gasteiger partial charge in [0.1, 0.15) is 11.5 Å². The van der Waals surface area contributed by atoms with Crippen LogP contribution in [0.25, 0.3) is 22.2 Å². The molecule has 1 aliphatic carbocycles. The van der Waals surface area contributed by atoms with E-state index in [9.17, 15) is 17.6 Å². The van der Waals surface area contributed by atoms with E-state index >= 15 is 4.39 Å². The minimum absolute atomic E-state index is 0.0605. The second-order valence-corrected chi connectivity index (χ2v) is 13.1. The van der Waals surface area contributed by atoms with Crippen molar-refractivity contribution in [1.82, 2.24) is 24.4 Å². The van der Waals surface area contributed by atoms with Crippen LogP contribution >= 0.6 is 0 Å². The van der Waals surface area contributed by atoms with Crippen molar-refractivity contribution in [3.63, 3.8) is 0 Å². The molecular formula is C30H35F2N7O3S. The topological polar surface area (TPSA) is 122 Å². The van der Waals surface area contributed by atoms with Gasteiger partial charge in [0.2, 0.25) is 16.0 Å². The lowest BCUT2D eigenvalue weighted by Crippen LogP contribution is -2.36. The molecule has 13 heteroatoms. The Hall–Kier alpha value is -3.97. The van der Waals surface area contributed by atoms with Gasteiger partial charge in [0.05, 0.1) is 5.75 Å². The van der Waals surface area contributed by atoms with Gasteiger partial charge in [-0.3, -0.25) is 14.1 Å². The van der Waals surface area contributed by atoms with E-state index in [2.05, 4.69) is 39.0 Å². The minimum atomic E-state index is -4.17. The fourth-order valence-corrected chi connectivity index (χ4v) is 6.62. The zero-order valence-electron chi connectivity index (χ0n) is 24.5. The number of aromatic nitrogens is 4. The van der Waals surface area contributed by atoms with Crippen LogP contribution in [0.3, 0.4) is 0 Å². The molecule has 1 aromatic carbocycles. The summed E-state index contributed by atoms with van der Waals surface area (Å²) in [4.78, 5) is 29.0. The summed E-state index contributed by atoms with van der Waals surface area (Å²) in [5.74, 6) is -2.47. The number of pyridine rings is 2. The van der Waals surface area contributed by atoms with Crippen LogP contribution in [0.15, 0.2) is 53.6 Å². The molecular weight excluding hydrogens is 576 g/mol. The monoisotopic (exact) mass is 611 g/mol. The standard InChI is InChI=1S/C30H35F2N7O3S/c1-18(2)39-28-21(16-34-30(36-28)35-22-9-11-23(12-10-22)38(3)4)13-24(29(39)40)20-14-26(32)27(33-15-20)37-43(41,42)17-19-7-5-6-8-25(19)31/h5-8,13-16,18,22-23H,9-12,17H2,1-4H3,(H,33,37)(H,34,35,36)/t22-,23-. The minimum Gasteiger partial charge on any atom is -0.351 e. The number of rotatable bonds is 9. The predicted molar refractivity (Wildman–Crippen MR) is 163 cm³/mol. The molecule has 0 amide bonds. The Kier molecular flexibility index (Phi) is 8.74. The summed E-state index contributed by atoms with van der Waals surface area (Å²) in [7, 11) is 0.0266. The lowest BCUT2D eigenvalue weighted by atomic mass is 9.91. The molecule has 5 rings (SSSR count). The molecule has 2 N–H and O–H groups in total. The van der Waals surface area contributed by atoms with E-state index in [0.29, 0.717) is 23.0 Å². The third-order valence-corrected chi connectivity index (χ3v) is 8.95. The maximum absolute atomic E-state index is 15.1. The molecule has 4 aromatic rings. The van der Waals surface area contributed by atoms with E-state index in [1.165, 1.54) is 29.0 Å². The molecule has 0 unspecified atom stereocenters. The third kappa shape index (κ3) is 6.83. The Labute approximate surface area is 249 Å². The SMILES string of the molecule is CC(C)n1c(=O)c(-c2cnc(NS(=O)(=O)Cc3ccccc3F)c(F)c2)cc2cnc(N[C@H]3CC[C@H](N(C)C)CC3)nc21. The van der Waals surface area contributed by atoms with Gasteiger partial charge in [-0.2, -0.15) is 4.98 Å². The summed E-state index contributed by atoms with van der Waals surface area (Å²) in [6.07, 6.45) is 7.00. The summed E-state index contributed by atoms with van der Waals surface area (Å²) >= 11 is 0. The molecule has 0 spiro atoms. The third-order valence-electron chi connectivity index (χ3n) is 7.76. The van der Waals surface area contributed by atoms with Crippen molar-refractivity contribution in [3.05, 3.63) is 76.3 Å². The maximum atomic E-state index is 15.1. The van der Waals surface area contributed by atoms with Crippen molar-refractivity contribution in [1.29, 1.82) is 0 Å². The number of nitrogens with zero attached hydrogens (tertiary/aromatic N) is 5. The summed E-state index contributed by atoms with van der Waals surface area (Å²) in [5, 5.41) is 4.01. The highest BCUT2D eigenvalue weighted by Crippen LogP contribution is 2.27. The van der Waals surface area contributed by atoms with E-state index in [-0.39, 0.29) is 28.8 Å². The molecule has 3 aromatic heterocycles. The van der Waals surface area contributed by atoms with Crippen molar-refractivity contribution < 1.29 is 17.2 Å². The summed E-state index contributed by atoms with van der Waals surface area (Å²) < 4.78 is 57.8. The first kappa shape index (κ1) is 30.5. The number of anilines is 2. The van der Waals surface area contributed by atoms with Crippen molar-refractivity contribution >= 4 is 32.8 Å². The van der Waals surface area contributed by atoms with Gasteiger partial charge >= 0.3 is 0 Å². The van der Waals surface area contributed by atoms with E-state index in [1.54, 1.807) is 12.3 Å². The molecule has 43 heavy (non-hydrogen) atoms. The Morgan fingerprint density at radius 3 is 2.40 bits per heavy atom. The van der Waals surface area contributed by atoms with E-state index in [0.717, 1.165) is 37.8 Å². The lowest BCUT2D eigenvalue weighted by molar-refractivity contribution is 0.221. The second-order valence-electron chi connectivity index (χ2n) is 11.4. The normalized spacial score (nSPS) is 17.5. The van der Waals surface area contributed by atoms with Crippen molar-refractivity contribution in [3.8, 4) is 11.1 Å². The average Bonchev–Trinajstić information content (AvgIpc) is 2.95. The quantitative estimate of drug-likeness (QED) is 0.273. The van der Waals surface area contributed by atoms with Crippen LogP contribution in [0, 0.1) is 11.6 Å². The zero-order chi connectivity index (χ0) is 30.9. The van der Waals surface area contributed by atoms with Gasteiger partial charge in [0, 0.05) is 52.6 Å². The first-order chi connectivity index (χ1) is 20.4. The number of nitrogens with one attached hydrogen (secondary N) is 2. The van der Waals surface area contributed by atoms with Crippen LogP contribution in [-0.2, 0) is 15.8 Å². The molecule has 0 saturated heterocycles. The zero-order valence-corrected chi connectivity index (χ0v) is 25.3. The van der Waals surface area contributed by atoms with Gasteiger partial charge in [-0.05, 0) is 71.8 Å². The highest BCUT2D eigenvalue weighted by atomic mass is 32.2. The number of hydrogen-bond acceptors (Lipinski definition) is 8. The molecule has 0 atom stereocenters. The van der Waals surface area contributed by atoms with Crippen LogP contribution in [-0.4, -0.2) is 59.0 Å². The average molecular weight is 612 g/mol. The largest absolute Gasteiger partial charge is 0.351 e. The van der Waals surface area contributed by atoms with Gasteiger partial charge in [-0.25, -0.2) is 27.2 Å². The van der Waals surface area contributed by atoms with Crippen LogP contribution in [0.1, 0.15) is 51.1 Å². The Bertz CT molecular complexity index is 1800. The van der Waals surface area contributed by atoms with Crippen molar-refractivity contribution in [2.75, 3.05) is 24.1 Å². The molecule has 1 fully saturated rings. The summed E-state index contributed by atoms with van der Waals surface area (Å²) in [6.45, 7) is 3.71. The molecule has 1 saturated carbocycles. The maximum Gasteiger partial charge on any atom is 0.260 e. The molecule has 0 aliphatic heterocycles. The second kappa shape index (κ2) is 12.3. The van der Waals surface area contributed by atoms with Crippen LogP contribution in [0.4, 0.5) is 20.5 Å². The lowest BCUT2D eigenvalue weighted by Gasteiger charge is -2.33. The summed E-state index contributed by atoms with van der Waals surface area (Å²) in [6, 6.07) is 8.59. The first-order valence-corrected chi connectivity index (χ1v) is 15.8. The Morgan fingerprint density at radius 1 is 1.02 bits per heavy atom. The Balaban J connectivity index is 1.41. The van der Waals surface area contributed by atoms with Gasteiger partial charge in [-0.15, -0.1) is 0 Å². The molecule has 228 valence electrons. The predicted octanol–water partition coefficient (Wildman–Crippen LogP) is 4.94. The van der Waals surface area contributed by atoms with Crippen LogP contribution in [0.5, 0.6) is 0 Å². The highest BCUT2D eigenvalue weighted by molar-refractivity contribution is 7.91. The molecule has 10 nitrogen and oxygen atoms in total. The summed E-state index contributed by atoms with van der Waals surface area (Å²) in [5.41, 5.74) is 0.326. The Morgan fingerprint density at radius 2 is 1.74 bits per heavy atom. The smallest absolute Gasteiger partial charge is 0.260 e. The van der Waals surface area contributed by atoms with Crippen LogP contribution in [0.2, 0.25) is 0 Å². The molecule has 0 bridgehead atoms. The molecule has 1 aliphatic rings. The fraction of sp³-hybridized carbons (Fsp3) is 0.400. The molecule has 0 radical (unpaired) electrons. The van der Waals surface area contributed by atoms with E-state index in [1.807, 2.05) is 13.8 Å². The van der Waals surface area contributed by atoms with Gasteiger partial charge < -0.3 is 10.2 Å².